The van der Waals surface area contributed by atoms with Gasteiger partial charge in [0.1, 0.15) is 5.69 Å². The van der Waals surface area contributed by atoms with Crippen LogP contribution in [0.1, 0.15) is 18.7 Å². The van der Waals surface area contributed by atoms with E-state index in [0.29, 0.717) is 5.69 Å². The van der Waals surface area contributed by atoms with Gasteiger partial charge in [-0.1, -0.05) is 5.21 Å². The minimum Gasteiger partial charge on any atom is -0.387 e. The Kier molecular flexibility index (Phi) is 2.24. The minimum absolute atomic E-state index is 0.550. The maximum absolute atomic E-state index is 9.25. The molecular weight excluding hydrogens is 180 g/mol. The van der Waals surface area contributed by atoms with E-state index in [-0.39, 0.29) is 0 Å². The largest absolute Gasteiger partial charge is 0.387 e. The van der Waals surface area contributed by atoms with Gasteiger partial charge in [0.05, 0.1) is 24.2 Å². The fourth-order valence-electron chi connectivity index (χ4n) is 1.08. The molecule has 0 unspecified atom stereocenters. The summed E-state index contributed by atoms with van der Waals surface area (Å²) in [5.74, 6) is 0. The zero-order chi connectivity index (χ0) is 9.97. The van der Waals surface area contributed by atoms with Crippen molar-refractivity contribution in [1.82, 2.24) is 20.0 Å². The number of hydrogen-bond acceptors (Lipinski definition) is 4. The van der Waals surface area contributed by atoms with Crippen LogP contribution in [0.3, 0.4) is 0 Å². The van der Waals surface area contributed by atoms with Crippen LogP contribution in [-0.2, 0) is 0 Å². The van der Waals surface area contributed by atoms with Crippen molar-refractivity contribution in [3.05, 3.63) is 36.4 Å². The average molecular weight is 190 g/mol. The quantitative estimate of drug-likeness (QED) is 0.757. The Bertz CT molecular complexity index is 410. The molecule has 2 aromatic heterocycles. The van der Waals surface area contributed by atoms with Gasteiger partial charge in [0, 0.05) is 6.20 Å². The normalized spacial score (nSPS) is 12.7. The van der Waals surface area contributed by atoms with E-state index >= 15 is 0 Å². The van der Waals surface area contributed by atoms with Crippen LogP contribution >= 0.6 is 0 Å². The molecule has 2 heterocycles. The van der Waals surface area contributed by atoms with Crippen LogP contribution in [0, 0.1) is 0 Å². The lowest BCUT2D eigenvalue weighted by Crippen LogP contribution is -1.94. The second kappa shape index (κ2) is 3.55. The highest BCUT2D eigenvalue weighted by molar-refractivity contribution is 5.26. The molecule has 0 amide bonds. The van der Waals surface area contributed by atoms with Gasteiger partial charge in [-0.2, -0.15) is 0 Å². The highest BCUT2D eigenvalue weighted by Crippen LogP contribution is 2.09. The molecule has 0 saturated carbocycles. The molecule has 5 heteroatoms. The molecule has 0 bridgehead atoms. The number of pyridine rings is 1. The Morgan fingerprint density at radius 1 is 1.50 bits per heavy atom. The van der Waals surface area contributed by atoms with Crippen LogP contribution in [-0.4, -0.2) is 25.1 Å². The third-order valence-electron chi connectivity index (χ3n) is 1.85. The van der Waals surface area contributed by atoms with Crippen molar-refractivity contribution in [3.63, 3.8) is 0 Å². The molecule has 0 radical (unpaired) electrons. The molecule has 0 aliphatic rings. The smallest absolute Gasteiger partial charge is 0.111 e. The van der Waals surface area contributed by atoms with E-state index in [1.54, 1.807) is 30.2 Å². The van der Waals surface area contributed by atoms with Gasteiger partial charge in [0.25, 0.3) is 0 Å². The van der Waals surface area contributed by atoms with Crippen molar-refractivity contribution in [1.29, 1.82) is 0 Å². The van der Waals surface area contributed by atoms with Gasteiger partial charge in [-0.05, 0) is 19.1 Å². The first-order valence-electron chi connectivity index (χ1n) is 4.28. The molecule has 0 aliphatic heterocycles. The number of aliphatic hydroxyl groups excluding tert-OH is 1. The van der Waals surface area contributed by atoms with E-state index in [0.717, 1.165) is 5.69 Å². The molecule has 0 aliphatic carbocycles. The molecule has 5 nitrogen and oxygen atoms in total. The average Bonchev–Trinajstić information content (AvgIpc) is 2.68. The highest BCUT2D eigenvalue weighted by Gasteiger charge is 2.06. The summed E-state index contributed by atoms with van der Waals surface area (Å²) in [4.78, 5) is 3.96. The van der Waals surface area contributed by atoms with Gasteiger partial charge in [-0.25, -0.2) is 4.68 Å². The lowest BCUT2D eigenvalue weighted by molar-refractivity contribution is 0.194. The summed E-state index contributed by atoms with van der Waals surface area (Å²) in [6, 6.07) is 3.69. The summed E-state index contributed by atoms with van der Waals surface area (Å²) in [6.45, 7) is 1.65. The molecule has 14 heavy (non-hydrogen) atoms. The van der Waals surface area contributed by atoms with Crippen LogP contribution < -0.4 is 0 Å². The topological polar surface area (TPSA) is 63.8 Å². The van der Waals surface area contributed by atoms with Crippen molar-refractivity contribution in [3.8, 4) is 5.69 Å². The first-order valence-corrected chi connectivity index (χ1v) is 4.28. The van der Waals surface area contributed by atoms with Gasteiger partial charge in [-0.15, -0.1) is 5.10 Å². The molecule has 0 saturated heterocycles. The maximum Gasteiger partial charge on any atom is 0.111 e. The maximum atomic E-state index is 9.25. The Labute approximate surface area is 81.0 Å². The molecule has 2 aromatic rings. The van der Waals surface area contributed by atoms with Crippen molar-refractivity contribution in [2.45, 2.75) is 13.0 Å². The lowest BCUT2D eigenvalue weighted by atomic mass is 10.3. The fraction of sp³-hybridized carbons (Fsp3) is 0.222. The Morgan fingerprint density at radius 2 is 2.36 bits per heavy atom. The van der Waals surface area contributed by atoms with E-state index in [4.69, 9.17) is 0 Å². The van der Waals surface area contributed by atoms with Gasteiger partial charge in [0.15, 0.2) is 0 Å². The van der Waals surface area contributed by atoms with Gasteiger partial charge in [0.2, 0.25) is 0 Å². The lowest BCUT2D eigenvalue weighted by Gasteiger charge is -1.97. The Balaban J connectivity index is 2.34. The third-order valence-corrected chi connectivity index (χ3v) is 1.85. The van der Waals surface area contributed by atoms with E-state index in [1.807, 2.05) is 12.1 Å². The van der Waals surface area contributed by atoms with Crippen LogP contribution in [0.5, 0.6) is 0 Å². The number of aliphatic hydroxyl groups is 1. The standard InChI is InChI=1S/C9H10N4O/c1-7(14)9-6-13(12-11-9)8-3-2-4-10-5-8/h2-7,14H,1H3/t7-/m0/s1. The van der Waals surface area contributed by atoms with Crippen molar-refractivity contribution in [2.24, 2.45) is 0 Å². The van der Waals surface area contributed by atoms with Crippen LogP contribution in [0.4, 0.5) is 0 Å². The fourth-order valence-corrected chi connectivity index (χ4v) is 1.08. The second-order valence-corrected chi connectivity index (χ2v) is 2.98. The summed E-state index contributed by atoms with van der Waals surface area (Å²) < 4.78 is 1.58. The van der Waals surface area contributed by atoms with Gasteiger partial charge < -0.3 is 5.11 Å². The summed E-state index contributed by atoms with van der Waals surface area (Å²) in [7, 11) is 0. The van der Waals surface area contributed by atoms with E-state index in [9.17, 15) is 5.11 Å². The predicted molar refractivity (Wildman–Crippen MR) is 49.8 cm³/mol. The molecule has 72 valence electrons. The van der Waals surface area contributed by atoms with Crippen molar-refractivity contribution < 1.29 is 5.11 Å². The summed E-state index contributed by atoms with van der Waals surface area (Å²) >= 11 is 0. The molecular formula is C9H10N4O. The van der Waals surface area contributed by atoms with Crippen LogP contribution in [0.15, 0.2) is 30.7 Å². The minimum atomic E-state index is -0.597. The molecule has 1 atom stereocenters. The highest BCUT2D eigenvalue weighted by atomic mass is 16.3. The summed E-state index contributed by atoms with van der Waals surface area (Å²) in [6.07, 6.45) is 4.46. The summed E-state index contributed by atoms with van der Waals surface area (Å²) in [5.41, 5.74) is 1.38. The molecule has 0 spiro atoms. The molecule has 0 aromatic carbocycles. The van der Waals surface area contributed by atoms with Crippen LogP contribution in [0.25, 0.3) is 5.69 Å². The number of aromatic nitrogens is 4. The van der Waals surface area contributed by atoms with Gasteiger partial charge in [-0.3, -0.25) is 4.98 Å². The van der Waals surface area contributed by atoms with Gasteiger partial charge >= 0.3 is 0 Å². The Hall–Kier alpha value is -1.75. The first-order chi connectivity index (χ1) is 6.77. The van der Waals surface area contributed by atoms with E-state index < -0.39 is 6.10 Å². The third kappa shape index (κ3) is 1.62. The van der Waals surface area contributed by atoms with Crippen molar-refractivity contribution >= 4 is 0 Å². The Morgan fingerprint density at radius 3 is 2.93 bits per heavy atom. The molecule has 0 fully saturated rings. The summed E-state index contributed by atoms with van der Waals surface area (Å²) in [5, 5.41) is 17.0. The SMILES string of the molecule is C[C@H](O)c1cn(-c2cccnc2)nn1. The second-order valence-electron chi connectivity index (χ2n) is 2.98. The number of nitrogens with zero attached hydrogens (tertiary/aromatic N) is 4. The monoisotopic (exact) mass is 190 g/mol. The number of rotatable bonds is 2. The van der Waals surface area contributed by atoms with E-state index in [1.165, 1.54) is 0 Å². The first kappa shape index (κ1) is 8.83. The van der Waals surface area contributed by atoms with E-state index in [2.05, 4.69) is 15.3 Å². The zero-order valence-corrected chi connectivity index (χ0v) is 7.70. The number of hydrogen-bond donors (Lipinski definition) is 1. The predicted octanol–water partition coefficient (Wildman–Crippen LogP) is 0.716. The van der Waals surface area contributed by atoms with Crippen molar-refractivity contribution in [2.75, 3.05) is 0 Å². The van der Waals surface area contributed by atoms with Crippen LogP contribution in [0.2, 0.25) is 0 Å². The molecule has 1 N–H and O–H groups in total. The zero-order valence-electron chi connectivity index (χ0n) is 7.70. The molecule has 2 rings (SSSR count).